The SMILES string of the molecule is CCO[P+]([O-])=CCc1ccccc1F. The Balaban J connectivity index is 2.61. The van der Waals surface area contributed by atoms with Gasteiger partial charge < -0.3 is 4.89 Å². The summed E-state index contributed by atoms with van der Waals surface area (Å²) in [5, 5.41) is 0. The zero-order valence-electron chi connectivity index (χ0n) is 7.94. The van der Waals surface area contributed by atoms with E-state index in [0.29, 0.717) is 18.6 Å². The maximum atomic E-state index is 13.1. The van der Waals surface area contributed by atoms with Gasteiger partial charge in [-0.25, -0.2) is 4.39 Å². The molecule has 14 heavy (non-hydrogen) atoms. The van der Waals surface area contributed by atoms with Crippen LogP contribution in [-0.2, 0) is 10.9 Å². The van der Waals surface area contributed by atoms with Crippen molar-refractivity contribution in [2.24, 2.45) is 0 Å². The van der Waals surface area contributed by atoms with E-state index >= 15 is 0 Å². The average Bonchev–Trinajstić information content (AvgIpc) is 2.17. The number of hydrogen-bond donors (Lipinski definition) is 0. The molecular weight excluding hydrogens is 202 g/mol. The lowest BCUT2D eigenvalue weighted by molar-refractivity contribution is -0.171. The minimum absolute atomic E-state index is 0.274. The largest absolute Gasteiger partial charge is 0.603 e. The van der Waals surface area contributed by atoms with E-state index in [2.05, 4.69) is 0 Å². The van der Waals surface area contributed by atoms with Crippen molar-refractivity contribution in [3.8, 4) is 0 Å². The minimum atomic E-state index is -1.76. The van der Waals surface area contributed by atoms with E-state index in [4.69, 9.17) is 4.52 Å². The highest BCUT2D eigenvalue weighted by molar-refractivity contribution is 7.44. The molecule has 1 rings (SSSR count). The highest BCUT2D eigenvalue weighted by Crippen LogP contribution is 2.13. The van der Waals surface area contributed by atoms with Gasteiger partial charge in [0.05, 0.1) is 6.61 Å². The third kappa shape index (κ3) is 3.54. The Kier molecular flexibility index (Phi) is 4.74. The third-order valence-corrected chi connectivity index (χ3v) is 2.67. The molecule has 0 fully saturated rings. The summed E-state index contributed by atoms with van der Waals surface area (Å²) >= 11 is 0. The van der Waals surface area contributed by atoms with Crippen LogP contribution < -0.4 is 4.89 Å². The van der Waals surface area contributed by atoms with Gasteiger partial charge in [0.15, 0.2) is 0 Å². The second-order valence-electron chi connectivity index (χ2n) is 2.68. The van der Waals surface area contributed by atoms with Crippen molar-refractivity contribution in [2.75, 3.05) is 6.61 Å². The first-order valence-corrected chi connectivity index (χ1v) is 5.64. The summed E-state index contributed by atoms with van der Waals surface area (Å²) in [7, 11) is -1.76. The molecule has 0 aliphatic carbocycles. The first-order chi connectivity index (χ1) is 6.74. The van der Waals surface area contributed by atoms with E-state index in [-0.39, 0.29) is 5.82 Å². The zero-order valence-corrected chi connectivity index (χ0v) is 8.84. The van der Waals surface area contributed by atoms with Gasteiger partial charge in [-0.2, -0.15) is 4.52 Å². The van der Waals surface area contributed by atoms with Crippen LogP contribution in [0.3, 0.4) is 0 Å². The monoisotopic (exact) mass is 214 g/mol. The van der Waals surface area contributed by atoms with E-state index in [1.54, 1.807) is 25.1 Å². The molecule has 76 valence electrons. The maximum absolute atomic E-state index is 13.1. The van der Waals surface area contributed by atoms with Crippen LogP contribution in [0.4, 0.5) is 4.39 Å². The molecule has 1 aromatic carbocycles. The quantitative estimate of drug-likeness (QED) is 0.717. The molecule has 0 radical (unpaired) electrons. The molecule has 0 amide bonds. The summed E-state index contributed by atoms with van der Waals surface area (Å²) in [6.45, 7) is 2.17. The van der Waals surface area contributed by atoms with Gasteiger partial charge >= 0.3 is 0 Å². The highest BCUT2D eigenvalue weighted by atomic mass is 31.1. The Bertz CT molecular complexity index is 326. The van der Waals surface area contributed by atoms with Crippen LogP contribution in [0.25, 0.3) is 0 Å². The Labute approximate surface area is 83.9 Å². The van der Waals surface area contributed by atoms with Gasteiger partial charge in [0.1, 0.15) is 11.6 Å². The fourth-order valence-electron chi connectivity index (χ4n) is 1.02. The van der Waals surface area contributed by atoms with Gasteiger partial charge in [-0.05, 0) is 18.6 Å². The zero-order chi connectivity index (χ0) is 10.4. The van der Waals surface area contributed by atoms with Crippen molar-refractivity contribution in [3.05, 3.63) is 35.6 Å². The second kappa shape index (κ2) is 5.86. The molecule has 0 aromatic heterocycles. The molecule has 0 aliphatic heterocycles. The summed E-state index contributed by atoms with van der Waals surface area (Å²) < 4.78 is 17.9. The molecule has 0 bridgehead atoms. The standard InChI is InChI=1S/C10H12FO2P/c1-2-13-14(12)8-7-9-5-3-4-6-10(9)11/h3-6,8H,2,7H2,1H3. The topological polar surface area (TPSA) is 32.3 Å². The Morgan fingerprint density at radius 1 is 1.50 bits per heavy atom. The van der Waals surface area contributed by atoms with Crippen molar-refractivity contribution in [2.45, 2.75) is 13.3 Å². The first-order valence-electron chi connectivity index (χ1n) is 4.40. The number of halogens is 1. The lowest BCUT2D eigenvalue weighted by atomic mass is 10.2. The molecule has 1 unspecified atom stereocenters. The van der Waals surface area contributed by atoms with Crippen LogP contribution in [-0.4, -0.2) is 12.4 Å². The van der Waals surface area contributed by atoms with Gasteiger partial charge in [0, 0.05) is 6.42 Å². The lowest BCUT2D eigenvalue weighted by Gasteiger charge is -1.97. The Morgan fingerprint density at radius 3 is 2.86 bits per heavy atom. The summed E-state index contributed by atoms with van der Waals surface area (Å²) in [5.74, 6) is 1.21. The molecular formula is C10H12FO2P. The van der Waals surface area contributed by atoms with Crippen molar-refractivity contribution in [1.82, 2.24) is 0 Å². The molecule has 0 saturated heterocycles. The molecule has 0 spiro atoms. The van der Waals surface area contributed by atoms with Crippen LogP contribution in [0, 0.1) is 5.82 Å². The Morgan fingerprint density at radius 2 is 2.21 bits per heavy atom. The van der Waals surface area contributed by atoms with E-state index < -0.39 is 8.00 Å². The predicted octanol–water partition coefficient (Wildman–Crippen LogP) is 1.88. The van der Waals surface area contributed by atoms with E-state index in [9.17, 15) is 9.28 Å². The third-order valence-electron chi connectivity index (χ3n) is 1.67. The van der Waals surface area contributed by atoms with E-state index in [1.807, 2.05) is 0 Å². The van der Waals surface area contributed by atoms with Gasteiger partial charge in [0.25, 0.3) is 0 Å². The highest BCUT2D eigenvalue weighted by Gasteiger charge is 2.01. The molecule has 4 heteroatoms. The molecule has 0 heterocycles. The minimum Gasteiger partial charge on any atom is -0.603 e. The van der Waals surface area contributed by atoms with Crippen molar-refractivity contribution < 1.29 is 13.8 Å². The lowest BCUT2D eigenvalue weighted by Crippen LogP contribution is -1.97. The molecule has 2 nitrogen and oxygen atoms in total. The van der Waals surface area contributed by atoms with E-state index in [0.717, 1.165) is 0 Å². The molecule has 0 N–H and O–H groups in total. The number of rotatable bonds is 4. The average molecular weight is 214 g/mol. The van der Waals surface area contributed by atoms with Crippen LogP contribution in [0.15, 0.2) is 24.3 Å². The maximum Gasteiger partial charge on any atom is 0.217 e. The predicted molar refractivity (Wildman–Crippen MR) is 54.7 cm³/mol. The summed E-state index contributed by atoms with van der Waals surface area (Å²) in [4.78, 5) is 11.1. The fraction of sp³-hybridized carbons (Fsp3) is 0.300. The van der Waals surface area contributed by atoms with Crippen LogP contribution in [0.5, 0.6) is 0 Å². The fourth-order valence-corrected chi connectivity index (χ4v) is 1.72. The molecule has 0 aliphatic rings. The molecule has 1 atom stereocenters. The number of hydrogen-bond acceptors (Lipinski definition) is 2. The molecule has 0 saturated carbocycles. The van der Waals surface area contributed by atoms with Crippen molar-refractivity contribution >= 4 is 13.8 Å². The summed E-state index contributed by atoms with van der Waals surface area (Å²) in [6, 6.07) is 6.43. The number of benzene rings is 1. The van der Waals surface area contributed by atoms with Gasteiger partial charge in [-0.3, -0.25) is 0 Å². The van der Waals surface area contributed by atoms with Crippen molar-refractivity contribution in [3.63, 3.8) is 0 Å². The normalized spacial score (nSPS) is 11.8. The van der Waals surface area contributed by atoms with Crippen LogP contribution in [0.1, 0.15) is 12.5 Å². The van der Waals surface area contributed by atoms with Crippen LogP contribution in [0.2, 0.25) is 0 Å². The first kappa shape index (κ1) is 11.3. The van der Waals surface area contributed by atoms with Gasteiger partial charge in [-0.1, -0.05) is 18.2 Å². The van der Waals surface area contributed by atoms with Crippen LogP contribution >= 0.6 is 8.00 Å². The summed E-state index contributed by atoms with van der Waals surface area (Å²) in [5.41, 5.74) is 0.538. The second-order valence-corrected chi connectivity index (χ2v) is 3.88. The summed E-state index contributed by atoms with van der Waals surface area (Å²) in [6.07, 6.45) is 0.335. The van der Waals surface area contributed by atoms with E-state index in [1.165, 1.54) is 11.9 Å². The molecule has 1 aromatic rings. The van der Waals surface area contributed by atoms with Gasteiger partial charge in [0.2, 0.25) is 8.00 Å². The Hall–Kier alpha value is -0.760. The smallest absolute Gasteiger partial charge is 0.217 e. The van der Waals surface area contributed by atoms with Gasteiger partial charge in [-0.15, -0.1) is 0 Å². The van der Waals surface area contributed by atoms with Crippen molar-refractivity contribution in [1.29, 1.82) is 0 Å².